The Labute approximate surface area is 165 Å². The van der Waals surface area contributed by atoms with Crippen molar-refractivity contribution in [3.8, 4) is 11.5 Å². The van der Waals surface area contributed by atoms with Gasteiger partial charge in [-0.25, -0.2) is 10.2 Å². The summed E-state index contributed by atoms with van der Waals surface area (Å²) in [6.45, 7) is 1.77. The molecule has 0 bridgehead atoms. The van der Waals surface area contributed by atoms with Crippen LogP contribution >= 0.6 is 15.9 Å². The van der Waals surface area contributed by atoms with E-state index in [-0.39, 0.29) is 19.1 Å². The first kappa shape index (κ1) is 20.4. The smallest absolute Gasteiger partial charge is 0.344 e. The molecule has 0 saturated heterocycles. The molecule has 0 radical (unpaired) electrons. The van der Waals surface area contributed by atoms with Crippen molar-refractivity contribution in [3.63, 3.8) is 0 Å². The lowest BCUT2D eigenvalue weighted by atomic mass is 10.2. The number of ether oxygens (including phenoxy) is 3. The number of carbonyl (C=O) groups excluding carboxylic acids is 2. The average molecular weight is 435 g/mol. The van der Waals surface area contributed by atoms with Gasteiger partial charge in [-0.15, -0.1) is 0 Å². The predicted molar refractivity (Wildman–Crippen MR) is 104 cm³/mol. The first-order chi connectivity index (χ1) is 13.0. The summed E-state index contributed by atoms with van der Waals surface area (Å²) in [6.07, 6.45) is 1.46. The van der Waals surface area contributed by atoms with Gasteiger partial charge in [0.15, 0.2) is 18.1 Å². The van der Waals surface area contributed by atoms with Gasteiger partial charge in [-0.2, -0.15) is 5.10 Å². The number of carbonyl (C=O) groups is 2. The third kappa shape index (κ3) is 6.41. The molecule has 1 N–H and O–H groups in total. The molecule has 142 valence electrons. The van der Waals surface area contributed by atoms with Crippen LogP contribution in [0.15, 0.2) is 52.0 Å². The molecule has 0 aliphatic rings. The van der Waals surface area contributed by atoms with Crippen LogP contribution in [0.2, 0.25) is 0 Å². The van der Waals surface area contributed by atoms with E-state index in [1.807, 2.05) is 6.07 Å². The second-order valence-corrected chi connectivity index (χ2v) is 6.13. The highest BCUT2D eigenvalue weighted by Gasteiger charge is 2.09. The minimum absolute atomic E-state index is 0.232. The lowest BCUT2D eigenvalue weighted by Gasteiger charge is -2.10. The second kappa shape index (κ2) is 10.3. The van der Waals surface area contributed by atoms with E-state index in [9.17, 15) is 9.59 Å². The van der Waals surface area contributed by atoms with Crippen molar-refractivity contribution in [2.75, 3.05) is 20.3 Å². The van der Waals surface area contributed by atoms with Gasteiger partial charge in [0.2, 0.25) is 0 Å². The summed E-state index contributed by atoms with van der Waals surface area (Å²) in [5.74, 6) is 0.0298. The van der Waals surface area contributed by atoms with E-state index >= 15 is 0 Å². The Hall–Kier alpha value is -2.87. The number of amides is 1. The second-order valence-electron chi connectivity index (χ2n) is 5.21. The molecule has 0 aliphatic carbocycles. The minimum atomic E-state index is -0.472. The number of halogens is 1. The van der Waals surface area contributed by atoms with E-state index < -0.39 is 5.97 Å². The Morgan fingerprint density at radius 2 is 2.00 bits per heavy atom. The fraction of sp³-hybridized carbons (Fsp3) is 0.211. The fourth-order valence-electron chi connectivity index (χ4n) is 2.09. The van der Waals surface area contributed by atoms with Crippen LogP contribution in [0.3, 0.4) is 0 Å². The van der Waals surface area contributed by atoms with Gasteiger partial charge in [0, 0.05) is 10.0 Å². The highest BCUT2D eigenvalue weighted by atomic mass is 79.9. The Kier molecular flexibility index (Phi) is 7.81. The van der Waals surface area contributed by atoms with Gasteiger partial charge >= 0.3 is 5.97 Å². The molecule has 0 aliphatic heterocycles. The molecule has 8 heteroatoms. The van der Waals surface area contributed by atoms with E-state index in [0.717, 1.165) is 4.47 Å². The molecule has 27 heavy (non-hydrogen) atoms. The lowest BCUT2D eigenvalue weighted by Crippen LogP contribution is -2.17. The summed E-state index contributed by atoms with van der Waals surface area (Å²) >= 11 is 3.31. The molecular formula is C19H19BrN2O5. The largest absolute Gasteiger partial charge is 0.493 e. The van der Waals surface area contributed by atoms with Crippen LogP contribution in [0.5, 0.6) is 11.5 Å². The van der Waals surface area contributed by atoms with Crippen LogP contribution in [-0.4, -0.2) is 38.4 Å². The van der Waals surface area contributed by atoms with E-state index in [0.29, 0.717) is 22.6 Å². The number of hydrogen-bond acceptors (Lipinski definition) is 6. The summed E-state index contributed by atoms with van der Waals surface area (Å²) < 4.78 is 16.3. The first-order valence-corrected chi connectivity index (χ1v) is 8.88. The quantitative estimate of drug-likeness (QED) is 0.391. The van der Waals surface area contributed by atoms with Crippen molar-refractivity contribution in [2.24, 2.45) is 5.10 Å². The van der Waals surface area contributed by atoms with Crippen LogP contribution in [0, 0.1) is 0 Å². The number of hydrogen-bond donors (Lipinski definition) is 1. The molecule has 7 nitrogen and oxygen atoms in total. The van der Waals surface area contributed by atoms with E-state index in [4.69, 9.17) is 14.2 Å². The van der Waals surface area contributed by atoms with Crippen LogP contribution in [0.1, 0.15) is 22.8 Å². The molecule has 0 saturated carbocycles. The normalized spacial score (nSPS) is 10.5. The Bertz CT molecular complexity index is 839. The zero-order valence-corrected chi connectivity index (χ0v) is 16.5. The number of esters is 1. The molecule has 0 aromatic heterocycles. The molecule has 0 unspecified atom stereocenters. The number of benzene rings is 2. The van der Waals surface area contributed by atoms with E-state index in [1.54, 1.807) is 43.3 Å². The lowest BCUT2D eigenvalue weighted by molar-refractivity contribution is -0.145. The highest BCUT2D eigenvalue weighted by molar-refractivity contribution is 9.10. The number of nitrogens with zero attached hydrogens (tertiary/aromatic N) is 1. The van der Waals surface area contributed by atoms with Crippen molar-refractivity contribution >= 4 is 34.0 Å². The van der Waals surface area contributed by atoms with E-state index in [1.165, 1.54) is 13.3 Å². The highest BCUT2D eigenvalue weighted by Crippen LogP contribution is 2.27. The van der Waals surface area contributed by atoms with Crippen LogP contribution in [0.25, 0.3) is 0 Å². The van der Waals surface area contributed by atoms with Gasteiger partial charge in [-0.1, -0.05) is 22.0 Å². The van der Waals surface area contributed by atoms with Crippen molar-refractivity contribution in [1.29, 1.82) is 0 Å². The summed E-state index contributed by atoms with van der Waals surface area (Å²) in [6, 6.07) is 12.0. The van der Waals surface area contributed by atoms with Crippen molar-refractivity contribution in [1.82, 2.24) is 5.43 Å². The van der Waals surface area contributed by atoms with Crippen molar-refractivity contribution in [3.05, 3.63) is 58.1 Å². The number of nitrogens with one attached hydrogen (secondary N) is 1. The molecule has 0 fully saturated rings. The number of hydrazone groups is 1. The van der Waals surface area contributed by atoms with Crippen LogP contribution in [0.4, 0.5) is 0 Å². The summed E-state index contributed by atoms with van der Waals surface area (Å²) in [7, 11) is 1.50. The van der Waals surface area contributed by atoms with Crippen LogP contribution in [-0.2, 0) is 9.53 Å². The molecule has 0 heterocycles. The molecule has 0 spiro atoms. The van der Waals surface area contributed by atoms with Gasteiger partial charge in [-0.05, 0) is 48.9 Å². The average Bonchev–Trinajstić information content (AvgIpc) is 2.66. The zero-order chi connectivity index (χ0) is 19.6. The maximum atomic E-state index is 12.1. The maximum absolute atomic E-state index is 12.1. The monoisotopic (exact) mass is 434 g/mol. The third-order valence-electron chi connectivity index (χ3n) is 3.31. The van der Waals surface area contributed by atoms with Gasteiger partial charge in [0.1, 0.15) is 0 Å². The first-order valence-electron chi connectivity index (χ1n) is 8.09. The van der Waals surface area contributed by atoms with Crippen LogP contribution < -0.4 is 14.9 Å². The molecule has 1 amide bonds. The number of methoxy groups -OCH3 is 1. The SMILES string of the molecule is CCOC(=O)COc1cc(/C=N/NC(=O)c2cccc(Br)c2)ccc1OC. The Balaban J connectivity index is 2.03. The van der Waals surface area contributed by atoms with Gasteiger partial charge in [-0.3, -0.25) is 4.79 Å². The van der Waals surface area contributed by atoms with Gasteiger partial charge in [0.05, 0.1) is 19.9 Å². The maximum Gasteiger partial charge on any atom is 0.344 e. The summed E-state index contributed by atoms with van der Waals surface area (Å²) in [5.41, 5.74) is 3.59. The fourth-order valence-corrected chi connectivity index (χ4v) is 2.48. The molecule has 2 aromatic carbocycles. The molecule has 0 atom stereocenters. The Morgan fingerprint density at radius 1 is 1.19 bits per heavy atom. The van der Waals surface area contributed by atoms with Crippen molar-refractivity contribution in [2.45, 2.75) is 6.92 Å². The van der Waals surface area contributed by atoms with Crippen molar-refractivity contribution < 1.29 is 23.8 Å². The number of rotatable bonds is 8. The summed E-state index contributed by atoms with van der Waals surface area (Å²) in [4.78, 5) is 23.5. The Morgan fingerprint density at radius 3 is 2.70 bits per heavy atom. The van der Waals surface area contributed by atoms with Gasteiger partial charge in [0.25, 0.3) is 5.91 Å². The predicted octanol–water partition coefficient (Wildman–Crippen LogP) is 3.16. The standard InChI is InChI=1S/C19H19BrN2O5/c1-3-26-18(23)12-27-17-9-13(7-8-16(17)25-2)11-21-22-19(24)14-5-4-6-15(20)10-14/h4-11H,3,12H2,1-2H3,(H,22,24)/b21-11+. The summed E-state index contributed by atoms with van der Waals surface area (Å²) in [5, 5.41) is 3.94. The van der Waals surface area contributed by atoms with Gasteiger partial charge < -0.3 is 14.2 Å². The van der Waals surface area contributed by atoms with E-state index in [2.05, 4.69) is 26.5 Å². The topological polar surface area (TPSA) is 86.2 Å². The molecule has 2 rings (SSSR count). The molecule has 2 aromatic rings. The third-order valence-corrected chi connectivity index (χ3v) is 3.80. The zero-order valence-electron chi connectivity index (χ0n) is 14.9. The molecular weight excluding hydrogens is 416 g/mol. The minimum Gasteiger partial charge on any atom is -0.493 e.